The maximum atomic E-state index is 12.1. The molecule has 4 N–H and O–H groups in total. The molecule has 1 aliphatic carbocycles. The average molecular weight is 311 g/mol. The predicted molar refractivity (Wildman–Crippen MR) is 84.4 cm³/mol. The summed E-state index contributed by atoms with van der Waals surface area (Å²) in [7, 11) is 0. The molecule has 1 aromatic heterocycles. The molecule has 0 aromatic carbocycles. The minimum absolute atomic E-state index is 0.208. The van der Waals surface area contributed by atoms with E-state index in [1.165, 1.54) is 17.8 Å². The molecule has 0 atom stereocenters. The summed E-state index contributed by atoms with van der Waals surface area (Å²) in [6.45, 7) is 3.04. The quantitative estimate of drug-likeness (QED) is 0.746. The zero-order valence-electron chi connectivity index (χ0n) is 12.6. The lowest BCUT2D eigenvalue weighted by molar-refractivity contribution is -0.00789. The molecule has 0 aliphatic heterocycles. The van der Waals surface area contributed by atoms with Crippen molar-refractivity contribution < 1.29 is 9.90 Å². The van der Waals surface area contributed by atoms with Crippen molar-refractivity contribution >= 4 is 17.2 Å². The molecule has 2 rings (SSSR count). The normalized spacial score (nSPS) is 25.8. The molecule has 0 radical (unpaired) electrons. The largest absolute Gasteiger partial charge is 0.388 e. The minimum Gasteiger partial charge on any atom is -0.388 e. The molecule has 1 aromatic rings. The van der Waals surface area contributed by atoms with Crippen LogP contribution >= 0.6 is 11.3 Å². The van der Waals surface area contributed by atoms with Crippen LogP contribution in [0.3, 0.4) is 0 Å². The van der Waals surface area contributed by atoms with Gasteiger partial charge in [0.1, 0.15) is 5.69 Å². The van der Waals surface area contributed by atoms with E-state index in [1.807, 2.05) is 0 Å². The standard InChI is InChI=1S/C15H25N3O2S/c1-2-11-3-6-15(20,7-4-11)10-17-14(19)12-9-21-13(18-12)5-8-16/h9,11,20H,2-8,10,16H2,1H3,(H,17,19). The van der Waals surface area contributed by atoms with Gasteiger partial charge in [0.15, 0.2) is 0 Å². The maximum Gasteiger partial charge on any atom is 0.270 e. The smallest absolute Gasteiger partial charge is 0.270 e. The van der Waals surface area contributed by atoms with Crippen molar-refractivity contribution in [3.63, 3.8) is 0 Å². The van der Waals surface area contributed by atoms with Crippen LogP contribution in [-0.2, 0) is 6.42 Å². The van der Waals surface area contributed by atoms with Gasteiger partial charge in [-0.15, -0.1) is 11.3 Å². The Morgan fingerprint density at radius 3 is 2.90 bits per heavy atom. The Kier molecular flexibility index (Phi) is 5.72. The van der Waals surface area contributed by atoms with Crippen molar-refractivity contribution in [3.8, 4) is 0 Å². The first-order valence-corrected chi connectivity index (χ1v) is 8.59. The van der Waals surface area contributed by atoms with Gasteiger partial charge in [-0.05, 0) is 38.1 Å². The molecule has 1 fully saturated rings. The summed E-state index contributed by atoms with van der Waals surface area (Å²) in [6, 6.07) is 0. The van der Waals surface area contributed by atoms with Crippen LogP contribution in [0, 0.1) is 5.92 Å². The Morgan fingerprint density at radius 1 is 1.57 bits per heavy atom. The number of carbonyl (C=O) groups is 1. The lowest BCUT2D eigenvalue weighted by atomic mass is 9.78. The van der Waals surface area contributed by atoms with Gasteiger partial charge < -0.3 is 16.2 Å². The van der Waals surface area contributed by atoms with Gasteiger partial charge in [-0.2, -0.15) is 0 Å². The van der Waals surface area contributed by atoms with Gasteiger partial charge in [0.25, 0.3) is 5.91 Å². The lowest BCUT2D eigenvalue weighted by Gasteiger charge is -2.35. The minimum atomic E-state index is -0.753. The van der Waals surface area contributed by atoms with Crippen LogP contribution in [0.4, 0.5) is 0 Å². The molecule has 0 bridgehead atoms. The van der Waals surface area contributed by atoms with Crippen molar-refractivity contribution in [2.24, 2.45) is 11.7 Å². The van der Waals surface area contributed by atoms with E-state index in [9.17, 15) is 9.90 Å². The molecule has 5 nitrogen and oxygen atoms in total. The highest BCUT2D eigenvalue weighted by atomic mass is 32.1. The van der Waals surface area contributed by atoms with Crippen LogP contribution in [0.1, 0.15) is 54.5 Å². The van der Waals surface area contributed by atoms with E-state index in [2.05, 4.69) is 17.2 Å². The van der Waals surface area contributed by atoms with E-state index < -0.39 is 5.60 Å². The fourth-order valence-electron chi connectivity index (χ4n) is 2.79. The molecule has 1 saturated carbocycles. The first-order chi connectivity index (χ1) is 10.1. The second kappa shape index (κ2) is 7.33. The van der Waals surface area contributed by atoms with Gasteiger partial charge in [-0.1, -0.05) is 13.3 Å². The molecule has 0 spiro atoms. The third kappa shape index (κ3) is 4.49. The number of aromatic nitrogens is 1. The predicted octanol–water partition coefficient (Wildman–Crippen LogP) is 1.71. The molecule has 1 amide bonds. The number of nitrogens with one attached hydrogen (secondary N) is 1. The highest BCUT2D eigenvalue weighted by molar-refractivity contribution is 7.09. The second-order valence-corrected chi connectivity index (χ2v) is 6.87. The van der Waals surface area contributed by atoms with E-state index in [-0.39, 0.29) is 5.91 Å². The Morgan fingerprint density at radius 2 is 2.29 bits per heavy atom. The van der Waals surface area contributed by atoms with Crippen LogP contribution in [0.25, 0.3) is 0 Å². The summed E-state index contributed by atoms with van der Waals surface area (Å²) in [6.07, 6.45) is 5.48. The molecule has 1 heterocycles. The number of amides is 1. The topological polar surface area (TPSA) is 88.2 Å². The molecular weight excluding hydrogens is 286 g/mol. The van der Waals surface area contributed by atoms with Crippen molar-refractivity contribution in [2.75, 3.05) is 13.1 Å². The van der Waals surface area contributed by atoms with E-state index in [4.69, 9.17) is 5.73 Å². The Hall–Kier alpha value is -0.980. The van der Waals surface area contributed by atoms with Crippen LogP contribution in [0.5, 0.6) is 0 Å². The van der Waals surface area contributed by atoms with Gasteiger partial charge in [-0.3, -0.25) is 4.79 Å². The number of nitrogens with two attached hydrogens (primary N) is 1. The summed E-state index contributed by atoms with van der Waals surface area (Å²) in [5.41, 5.74) is 5.15. The molecule has 0 unspecified atom stereocenters. The third-order valence-corrected chi connectivity index (χ3v) is 5.24. The number of rotatable bonds is 6. The fraction of sp³-hybridized carbons (Fsp3) is 0.733. The number of carbonyl (C=O) groups excluding carboxylic acids is 1. The van der Waals surface area contributed by atoms with Crippen molar-refractivity contribution in [1.82, 2.24) is 10.3 Å². The SMILES string of the molecule is CCC1CCC(O)(CNC(=O)c2csc(CCN)n2)CC1. The van der Waals surface area contributed by atoms with E-state index >= 15 is 0 Å². The van der Waals surface area contributed by atoms with Gasteiger partial charge in [-0.25, -0.2) is 4.98 Å². The van der Waals surface area contributed by atoms with Gasteiger partial charge in [0, 0.05) is 18.3 Å². The first-order valence-electron chi connectivity index (χ1n) is 7.71. The van der Waals surface area contributed by atoms with E-state index in [0.29, 0.717) is 25.2 Å². The zero-order chi connectivity index (χ0) is 15.3. The molecule has 6 heteroatoms. The van der Waals surface area contributed by atoms with Crippen LogP contribution in [0.15, 0.2) is 5.38 Å². The highest BCUT2D eigenvalue weighted by Crippen LogP contribution is 2.33. The maximum absolute atomic E-state index is 12.1. The Bertz CT molecular complexity index is 467. The highest BCUT2D eigenvalue weighted by Gasteiger charge is 2.33. The summed E-state index contributed by atoms with van der Waals surface area (Å²) in [5, 5.41) is 16.0. The average Bonchev–Trinajstić information content (AvgIpc) is 2.95. The summed E-state index contributed by atoms with van der Waals surface area (Å²) < 4.78 is 0. The van der Waals surface area contributed by atoms with Crippen LogP contribution < -0.4 is 11.1 Å². The molecule has 21 heavy (non-hydrogen) atoms. The first kappa shape index (κ1) is 16.4. The summed E-state index contributed by atoms with van der Waals surface area (Å²) in [4.78, 5) is 16.3. The van der Waals surface area contributed by atoms with Gasteiger partial charge in [0.05, 0.1) is 10.6 Å². The zero-order valence-corrected chi connectivity index (χ0v) is 13.4. The lowest BCUT2D eigenvalue weighted by Crippen LogP contribution is -2.45. The number of hydrogen-bond acceptors (Lipinski definition) is 5. The van der Waals surface area contributed by atoms with E-state index in [0.717, 1.165) is 36.6 Å². The molecular formula is C15H25N3O2S. The fourth-order valence-corrected chi connectivity index (χ4v) is 3.58. The molecule has 1 aliphatic rings. The van der Waals surface area contributed by atoms with Crippen molar-refractivity contribution in [3.05, 3.63) is 16.1 Å². The number of thiazole rings is 1. The van der Waals surface area contributed by atoms with Crippen molar-refractivity contribution in [1.29, 1.82) is 0 Å². The van der Waals surface area contributed by atoms with Gasteiger partial charge >= 0.3 is 0 Å². The molecule has 118 valence electrons. The third-order valence-electron chi connectivity index (χ3n) is 4.33. The number of aliphatic hydroxyl groups is 1. The van der Waals surface area contributed by atoms with Crippen LogP contribution in [-0.4, -0.2) is 34.7 Å². The number of hydrogen-bond donors (Lipinski definition) is 3. The monoisotopic (exact) mass is 311 g/mol. The number of nitrogens with zero attached hydrogens (tertiary/aromatic N) is 1. The Balaban J connectivity index is 1.83. The molecule has 0 saturated heterocycles. The second-order valence-electron chi connectivity index (χ2n) is 5.92. The van der Waals surface area contributed by atoms with Gasteiger partial charge in [0.2, 0.25) is 0 Å². The van der Waals surface area contributed by atoms with Crippen molar-refractivity contribution in [2.45, 2.75) is 51.0 Å². The summed E-state index contributed by atoms with van der Waals surface area (Å²) in [5.74, 6) is 0.513. The van der Waals surface area contributed by atoms with Crippen LogP contribution in [0.2, 0.25) is 0 Å². The Labute approximate surface area is 130 Å². The van der Waals surface area contributed by atoms with E-state index in [1.54, 1.807) is 5.38 Å². The summed E-state index contributed by atoms with van der Waals surface area (Å²) >= 11 is 1.45.